The third-order valence-electron chi connectivity index (χ3n) is 12.3. The number of rotatable bonds is 54. The van der Waals surface area contributed by atoms with Gasteiger partial charge in [0.15, 0.2) is 12.4 Å². The zero-order valence-electron chi connectivity index (χ0n) is 50.4. The molecule has 0 aliphatic heterocycles. The number of hydrogen-bond acceptors (Lipinski definition) is 8. The average Bonchev–Trinajstić information content (AvgIpc) is 3.42. The van der Waals surface area contributed by atoms with Crippen LogP contribution in [0.3, 0.4) is 0 Å². The van der Waals surface area contributed by atoms with Gasteiger partial charge in [-0.25, -0.2) is 0 Å². The standard InChI is InChI=1S/C70H111NO8/c1-6-8-10-12-14-16-18-20-21-22-23-24-25-26-27-28-29-30-31-32-33-34-35-36-37-38-39-40-41-42-43-44-45-46-47-49-51-53-55-57-59-61-68(73)79-66(65-78-70(69(74)75)76-63-62-71(3,4)5)64-77-67(72)60-58-56-54-52-50-48-19-17-15-13-11-9-7-2/h8-11,14-17,20-21,23-24,26-27,29-30,32-33,35-36,38-39,41-42,48,50,66,70H,6-7,12-13,18-19,22,25,28,31,34,37,40,43-47,49,51-65H2,1-5H3/b10-8-,11-9-,16-14-,17-15-,21-20-,24-23-,27-26-,30-29-,33-32-,36-35-,39-38-,42-41-,50-48-. The van der Waals surface area contributed by atoms with Crippen LogP contribution >= 0.6 is 0 Å². The van der Waals surface area contributed by atoms with E-state index in [1.54, 1.807) is 0 Å². The van der Waals surface area contributed by atoms with E-state index in [0.717, 1.165) is 128 Å². The fraction of sp³-hybridized carbons (Fsp3) is 0.586. The lowest BCUT2D eigenvalue weighted by atomic mass is 10.0. The second-order valence-electron chi connectivity index (χ2n) is 20.9. The van der Waals surface area contributed by atoms with Crippen molar-refractivity contribution >= 4 is 17.9 Å². The number of quaternary nitrogens is 1. The number of nitrogens with zero attached hydrogens (tertiary/aromatic N) is 1. The second-order valence-corrected chi connectivity index (χ2v) is 20.9. The highest BCUT2D eigenvalue weighted by Crippen LogP contribution is 2.14. The SMILES string of the molecule is CC/C=C\C/C=C\C/C=C\C/C=C\C/C=C\C/C=C\C/C=C\C/C=C\C/C=C\C/C=C\CCCCCCCCCCCCC(=O)OC(COC(=O)CCCCC/C=C\C/C=C\C/C=C\CC)COC(OCC[N+](C)(C)C)C(=O)[O-]. The van der Waals surface area contributed by atoms with Crippen LogP contribution in [0.1, 0.15) is 206 Å². The zero-order valence-corrected chi connectivity index (χ0v) is 50.4. The van der Waals surface area contributed by atoms with E-state index < -0.39 is 30.3 Å². The molecule has 2 unspecified atom stereocenters. The Hall–Kier alpha value is -5.09. The maximum absolute atomic E-state index is 12.9. The molecule has 0 spiro atoms. The van der Waals surface area contributed by atoms with Crippen LogP contribution < -0.4 is 5.11 Å². The molecule has 0 aromatic rings. The van der Waals surface area contributed by atoms with E-state index in [-0.39, 0.29) is 32.7 Å². The molecule has 0 rings (SSSR count). The van der Waals surface area contributed by atoms with Crippen molar-refractivity contribution in [2.75, 3.05) is 47.5 Å². The fourth-order valence-electron chi connectivity index (χ4n) is 7.64. The molecule has 0 aliphatic rings. The number of likely N-dealkylation sites (N-methyl/N-ethyl adjacent to an activating group) is 1. The third kappa shape index (κ3) is 60.4. The first-order chi connectivity index (χ1) is 38.6. The van der Waals surface area contributed by atoms with Crippen LogP contribution in [0, 0.1) is 0 Å². The lowest BCUT2D eigenvalue weighted by Crippen LogP contribution is -2.44. The molecule has 0 aromatic heterocycles. The van der Waals surface area contributed by atoms with Crippen molar-refractivity contribution in [1.82, 2.24) is 0 Å². The first-order valence-corrected chi connectivity index (χ1v) is 30.6. The molecule has 9 heteroatoms. The summed E-state index contributed by atoms with van der Waals surface area (Å²) in [5.74, 6) is -2.35. The number of aliphatic carboxylic acids is 1. The first-order valence-electron chi connectivity index (χ1n) is 30.6. The average molecular weight is 1090 g/mol. The number of carboxylic acids is 1. The molecule has 0 fully saturated rings. The number of carbonyl (C=O) groups is 3. The number of ether oxygens (including phenoxy) is 4. The minimum Gasteiger partial charge on any atom is -0.545 e. The molecule has 0 N–H and O–H groups in total. The van der Waals surface area contributed by atoms with E-state index >= 15 is 0 Å². The van der Waals surface area contributed by atoms with E-state index in [9.17, 15) is 19.5 Å². The van der Waals surface area contributed by atoms with Gasteiger partial charge in [-0.1, -0.05) is 230 Å². The van der Waals surface area contributed by atoms with Crippen molar-refractivity contribution in [3.63, 3.8) is 0 Å². The summed E-state index contributed by atoms with van der Waals surface area (Å²) in [6, 6.07) is 0. The Kier molecular flexibility index (Phi) is 55.2. The van der Waals surface area contributed by atoms with Crippen LogP contribution in [0.2, 0.25) is 0 Å². The maximum atomic E-state index is 12.9. The highest BCUT2D eigenvalue weighted by Gasteiger charge is 2.22. The summed E-state index contributed by atoms with van der Waals surface area (Å²) >= 11 is 0. The Morgan fingerprint density at radius 1 is 0.380 bits per heavy atom. The van der Waals surface area contributed by atoms with Crippen molar-refractivity contribution in [2.45, 2.75) is 219 Å². The fourth-order valence-corrected chi connectivity index (χ4v) is 7.64. The van der Waals surface area contributed by atoms with Gasteiger partial charge in [-0.05, 0) is 122 Å². The minimum atomic E-state index is -1.64. The van der Waals surface area contributed by atoms with Crippen molar-refractivity contribution in [3.8, 4) is 0 Å². The smallest absolute Gasteiger partial charge is 0.306 e. The zero-order chi connectivity index (χ0) is 57.6. The summed E-state index contributed by atoms with van der Waals surface area (Å²) in [5, 5.41) is 11.8. The largest absolute Gasteiger partial charge is 0.545 e. The number of carbonyl (C=O) groups excluding carboxylic acids is 3. The molecule has 0 heterocycles. The molecule has 444 valence electrons. The Morgan fingerprint density at radius 2 is 0.684 bits per heavy atom. The number of esters is 2. The van der Waals surface area contributed by atoms with Gasteiger partial charge in [-0.2, -0.15) is 0 Å². The molecule has 0 radical (unpaired) electrons. The summed E-state index contributed by atoms with van der Waals surface area (Å²) < 4.78 is 22.6. The second kappa shape index (κ2) is 59.0. The molecular formula is C70H111NO8. The van der Waals surface area contributed by atoms with Crippen molar-refractivity contribution in [2.24, 2.45) is 0 Å². The van der Waals surface area contributed by atoms with Crippen LogP contribution in [0.4, 0.5) is 0 Å². The van der Waals surface area contributed by atoms with Crippen LogP contribution in [-0.4, -0.2) is 82.3 Å². The molecule has 2 atom stereocenters. The summed E-state index contributed by atoms with van der Waals surface area (Å²) in [4.78, 5) is 37.2. The summed E-state index contributed by atoms with van der Waals surface area (Å²) in [6.45, 7) is 4.44. The van der Waals surface area contributed by atoms with E-state index in [1.807, 2.05) is 21.1 Å². The molecule has 9 nitrogen and oxygen atoms in total. The molecule has 0 saturated heterocycles. The summed E-state index contributed by atoms with van der Waals surface area (Å²) in [6.07, 6.45) is 84.6. The van der Waals surface area contributed by atoms with Gasteiger partial charge in [0.25, 0.3) is 0 Å². The van der Waals surface area contributed by atoms with Crippen molar-refractivity contribution < 1.29 is 42.9 Å². The molecule has 0 aliphatic carbocycles. The van der Waals surface area contributed by atoms with Crippen LogP contribution in [0.5, 0.6) is 0 Å². The monoisotopic (exact) mass is 1090 g/mol. The van der Waals surface area contributed by atoms with Crippen molar-refractivity contribution in [3.05, 3.63) is 158 Å². The van der Waals surface area contributed by atoms with Gasteiger partial charge in [0.05, 0.1) is 40.3 Å². The lowest BCUT2D eigenvalue weighted by molar-refractivity contribution is -0.870. The Morgan fingerprint density at radius 3 is 1.03 bits per heavy atom. The highest BCUT2D eigenvalue weighted by atomic mass is 16.7. The van der Waals surface area contributed by atoms with E-state index in [4.69, 9.17) is 18.9 Å². The van der Waals surface area contributed by atoms with Gasteiger partial charge in [-0.3, -0.25) is 9.59 Å². The van der Waals surface area contributed by atoms with Gasteiger partial charge < -0.3 is 33.3 Å². The topological polar surface area (TPSA) is 111 Å². The van der Waals surface area contributed by atoms with Gasteiger partial charge in [0.1, 0.15) is 13.2 Å². The molecule has 0 bridgehead atoms. The number of carboxylic acid groups (broad SMARTS) is 1. The van der Waals surface area contributed by atoms with Crippen molar-refractivity contribution in [1.29, 1.82) is 0 Å². The van der Waals surface area contributed by atoms with Gasteiger partial charge in [0, 0.05) is 12.8 Å². The Labute approximate surface area is 483 Å². The maximum Gasteiger partial charge on any atom is 0.306 e. The molecular weight excluding hydrogens is 983 g/mol. The van der Waals surface area contributed by atoms with Crippen LogP contribution in [-0.2, 0) is 33.3 Å². The third-order valence-corrected chi connectivity index (χ3v) is 12.3. The molecule has 0 saturated carbocycles. The van der Waals surface area contributed by atoms with E-state index in [1.165, 1.54) is 38.5 Å². The molecule has 79 heavy (non-hydrogen) atoms. The van der Waals surface area contributed by atoms with Gasteiger partial charge in [0.2, 0.25) is 0 Å². The number of hydrogen-bond donors (Lipinski definition) is 0. The predicted molar refractivity (Wildman–Crippen MR) is 333 cm³/mol. The highest BCUT2D eigenvalue weighted by molar-refractivity contribution is 5.70. The van der Waals surface area contributed by atoms with Gasteiger partial charge in [-0.15, -0.1) is 0 Å². The van der Waals surface area contributed by atoms with Crippen LogP contribution in [0.15, 0.2) is 158 Å². The Balaban J connectivity index is 4.15. The minimum absolute atomic E-state index is 0.134. The first kappa shape index (κ1) is 73.9. The Bertz CT molecular complexity index is 1850. The number of unbranched alkanes of at least 4 members (excludes halogenated alkanes) is 13. The van der Waals surface area contributed by atoms with E-state index in [2.05, 4.69) is 172 Å². The summed E-state index contributed by atoms with van der Waals surface area (Å²) in [7, 11) is 5.89. The quantitative estimate of drug-likeness (QED) is 0.0195. The lowest BCUT2D eigenvalue weighted by Gasteiger charge is -2.26. The molecule has 0 amide bonds. The molecule has 0 aromatic carbocycles. The van der Waals surface area contributed by atoms with E-state index in [0.29, 0.717) is 23.9 Å². The summed E-state index contributed by atoms with van der Waals surface area (Å²) in [5.41, 5.74) is 0. The number of allylic oxidation sites excluding steroid dienone is 26. The van der Waals surface area contributed by atoms with Crippen LogP contribution in [0.25, 0.3) is 0 Å². The predicted octanol–water partition coefficient (Wildman–Crippen LogP) is 17.2. The van der Waals surface area contributed by atoms with Gasteiger partial charge >= 0.3 is 11.9 Å². The normalized spacial score (nSPS) is 13.9.